The molecule has 19 heavy (non-hydrogen) atoms. The quantitative estimate of drug-likeness (QED) is 0.931. The first-order chi connectivity index (χ1) is 9.04. The Kier molecular flexibility index (Phi) is 4.42. The number of aromatic nitrogens is 2. The molecule has 0 spiro atoms. The minimum Gasteiger partial charge on any atom is -0.313 e. The fraction of sp³-hybridized carbons (Fsp3) is 0.400. The Morgan fingerprint density at radius 3 is 2.58 bits per heavy atom. The minimum absolute atomic E-state index is 0.893. The van der Waals surface area contributed by atoms with E-state index in [9.17, 15) is 0 Å². The third-order valence-corrected chi connectivity index (χ3v) is 4.43. The molecule has 0 aliphatic heterocycles. The van der Waals surface area contributed by atoms with Crippen LogP contribution in [0.4, 0.5) is 0 Å². The zero-order valence-electron chi connectivity index (χ0n) is 11.9. The van der Waals surface area contributed by atoms with Gasteiger partial charge in [0.05, 0.1) is 21.5 Å². The smallest absolute Gasteiger partial charge is 0.0743 e. The van der Waals surface area contributed by atoms with E-state index in [1.54, 1.807) is 0 Å². The van der Waals surface area contributed by atoms with Crippen LogP contribution in [0.2, 0.25) is 0 Å². The summed E-state index contributed by atoms with van der Waals surface area (Å²) in [4.78, 5) is 0. The summed E-state index contributed by atoms with van der Waals surface area (Å²) in [7, 11) is 0. The molecule has 2 rings (SSSR count). The Morgan fingerprint density at radius 1 is 1.26 bits per heavy atom. The van der Waals surface area contributed by atoms with Crippen molar-refractivity contribution >= 4 is 15.9 Å². The molecule has 0 saturated heterocycles. The van der Waals surface area contributed by atoms with E-state index in [2.05, 4.69) is 65.3 Å². The van der Waals surface area contributed by atoms with Crippen molar-refractivity contribution in [2.75, 3.05) is 6.54 Å². The molecule has 1 aromatic heterocycles. The van der Waals surface area contributed by atoms with Crippen molar-refractivity contribution in [1.29, 1.82) is 0 Å². The summed E-state index contributed by atoms with van der Waals surface area (Å²) >= 11 is 3.59. The number of halogens is 1. The monoisotopic (exact) mass is 321 g/mol. The number of nitrogens with zero attached hydrogens (tertiary/aromatic N) is 2. The lowest BCUT2D eigenvalue weighted by Gasteiger charge is -2.11. The van der Waals surface area contributed by atoms with Crippen LogP contribution in [0.15, 0.2) is 22.7 Å². The van der Waals surface area contributed by atoms with Crippen molar-refractivity contribution in [3.05, 3.63) is 45.2 Å². The molecule has 0 atom stereocenters. The van der Waals surface area contributed by atoms with Gasteiger partial charge in [0.15, 0.2) is 0 Å². The molecule has 1 N–H and O–H groups in total. The lowest BCUT2D eigenvalue weighted by molar-refractivity contribution is 0.724. The highest BCUT2D eigenvalue weighted by atomic mass is 79.9. The van der Waals surface area contributed by atoms with E-state index in [4.69, 9.17) is 0 Å². The standard InChI is InChI=1S/C15H20BrN3/c1-5-17-9-13-7-6-10(2)14(8-13)19-12(4)15(16)11(3)18-19/h6-8,17H,5,9H2,1-4H3. The van der Waals surface area contributed by atoms with Gasteiger partial charge in [-0.3, -0.25) is 0 Å². The highest BCUT2D eigenvalue weighted by Gasteiger charge is 2.12. The normalized spacial score (nSPS) is 11.0. The summed E-state index contributed by atoms with van der Waals surface area (Å²) in [5.74, 6) is 0. The molecule has 0 bridgehead atoms. The summed E-state index contributed by atoms with van der Waals surface area (Å²) in [5, 5.41) is 7.97. The molecule has 0 aliphatic carbocycles. The first-order valence-corrected chi connectivity index (χ1v) is 7.36. The van der Waals surface area contributed by atoms with Crippen LogP contribution in [0.5, 0.6) is 0 Å². The van der Waals surface area contributed by atoms with Crippen LogP contribution in [-0.4, -0.2) is 16.3 Å². The third-order valence-electron chi connectivity index (χ3n) is 3.28. The molecule has 0 saturated carbocycles. The van der Waals surface area contributed by atoms with Crippen molar-refractivity contribution in [3.8, 4) is 5.69 Å². The van der Waals surface area contributed by atoms with E-state index < -0.39 is 0 Å². The maximum Gasteiger partial charge on any atom is 0.0743 e. The van der Waals surface area contributed by atoms with Crippen LogP contribution in [-0.2, 0) is 6.54 Å². The van der Waals surface area contributed by atoms with Gasteiger partial charge in [0.1, 0.15) is 0 Å². The fourth-order valence-electron chi connectivity index (χ4n) is 2.12. The predicted molar refractivity (Wildman–Crippen MR) is 82.9 cm³/mol. The molecule has 0 aliphatic rings. The van der Waals surface area contributed by atoms with Gasteiger partial charge in [0, 0.05) is 6.54 Å². The summed E-state index contributed by atoms with van der Waals surface area (Å²) in [5.41, 5.74) is 5.83. The largest absolute Gasteiger partial charge is 0.313 e. The molecule has 0 fully saturated rings. The maximum atomic E-state index is 4.61. The van der Waals surface area contributed by atoms with Crippen molar-refractivity contribution in [3.63, 3.8) is 0 Å². The summed E-state index contributed by atoms with van der Waals surface area (Å²) in [6, 6.07) is 6.54. The van der Waals surface area contributed by atoms with Crippen LogP contribution < -0.4 is 5.32 Å². The van der Waals surface area contributed by atoms with Gasteiger partial charge in [-0.15, -0.1) is 0 Å². The van der Waals surface area contributed by atoms with E-state index in [-0.39, 0.29) is 0 Å². The Morgan fingerprint density at radius 2 is 2.00 bits per heavy atom. The second-order valence-corrected chi connectivity index (χ2v) is 5.59. The maximum absolute atomic E-state index is 4.61. The molecular weight excluding hydrogens is 302 g/mol. The zero-order chi connectivity index (χ0) is 14.0. The first kappa shape index (κ1) is 14.3. The van der Waals surface area contributed by atoms with Crippen LogP contribution in [0.25, 0.3) is 5.69 Å². The summed E-state index contributed by atoms with van der Waals surface area (Å²) in [6.07, 6.45) is 0. The second-order valence-electron chi connectivity index (χ2n) is 4.80. The molecule has 4 heteroatoms. The molecular formula is C15H20BrN3. The lowest BCUT2D eigenvalue weighted by atomic mass is 10.1. The Labute approximate surface area is 123 Å². The van der Waals surface area contributed by atoms with Crippen LogP contribution in [0.3, 0.4) is 0 Å². The summed E-state index contributed by atoms with van der Waals surface area (Å²) in [6.45, 7) is 10.2. The molecule has 102 valence electrons. The van der Waals surface area contributed by atoms with E-state index in [0.29, 0.717) is 0 Å². The number of rotatable bonds is 4. The second kappa shape index (κ2) is 5.88. The minimum atomic E-state index is 0.893. The highest BCUT2D eigenvalue weighted by Crippen LogP contribution is 2.25. The zero-order valence-corrected chi connectivity index (χ0v) is 13.5. The van der Waals surface area contributed by atoms with E-state index in [0.717, 1.165) is 34.6 Å². The molecule has 0 radical (unpaired) electrons. The predicted octanol–water partition coefficient (Wildman–Crippen LogP) is 3.67. The first-order valence-electron chi connectivity index (χ1n) is 6.57. The van der Waals surface area contributed by atoms with Gasteiger partial charge in [-0.25, -0.2) is 4.68 Å². The number of hydrogen-bond donors (Lipinski definition) is 1. The van der Waals surface area contributed by atoms with Crippen molar-refractivity contribution in [1.82, 2.24) is 15.1 Å². The van der Waals surface area contributed by atoms with Gasteiger partial charge in [0.2, 0.25) is 0 Å². The van der Waals surface area contributed by atoms with Crippen LogP contribution >= 0.6 is 15.9 Å². The molecule has 3 nitrogen and oxygen atoms in total. The fourth-order valence-corrected chi connectivity index (χ4v) is 2.37. The van der Waals surface area contributed by atoms with Gasteiger partial charge in [-0.1, -0.05) is 19.1 Å². The topological polar surface area (TPSA) is 29.9 Å². The van der Waals surface area contributed by atoms with Crippen molar-refractivity contribution < 1.29 is 0 Å². The van der Waals surface area contributed by atoms with E-state index in [1.165, 1.54) is 11.1 Å². The van der Waals surface area contributed by atoms with Crippen LogP contribution in [0, 0.1) is 20.8 Å². The number of hydrogen-bond acceptors (Lipinski definition) is 2. The number of nitrogens with one attached hydrogen (secondary N) is 1. The van der Waals surface area contributed by atoms with Crippen LogP contribution in [0.1, 0.15) is 29.4 Å². The number of aryl methyl sites for hydroxylation is 2. The molecule has 1 heterocycles. The molecule has 1 aromatic carbocycles. The Bertz CT molecular complexity index is 587. The van der Waals surface area contributed by atoms with E-state index >= 15 is 0 Å². The van der Waals surface area contributed by atoms with Gasteiger partial charge < -0.3 is 5.32 Å². The summed E-state index contributed by atoms with van der Waals surface area (Å²) < 4.78 is 3.11. The lowest BCUT2D eigenvalue weighted by Crippen LogP contribution is -2.12. The van der Waals surface area contributed by atoms with Gasteiger partial charge in [-0.05, 0) is 60.4 Å². The van der Waals surface area contributed by atoms with Crippen molar-refractivity contribution in [2.45, 2.75) is 34.2 Å². The van der Waals surface area contributed by atoms with Gasteiger partial charge >= 0.3 is 0 Å². The van der Waals surface area contributed by atoms with Gasteiger partial charge in [-0.2, -0.15) is 5.10 Å². The van der Waals surface area contributed by atoms with E-state index in [1.807, 2.05) is 11.6 Å². The average Bonchev–Trinajstić information content (AvgIpc) is 2.65. The Hall–Kier alpha value is -1.13. The van der Waals surface area contributed by atoms with Crippen molar-refractivity contribution in [2.24, 2.45) is 0 Å². The van der Waals surface area contributed by atoms with Gasteiger partial charge in [0.25, 0.3) is 0 Å². The molecule has 0 unspecified atom stereocenters. The average molecular weight is 322 g/mol. The third kappa shape index (κ3) is 2.90. The highest BCUT2D eigenvalue weighted by molar-refractivity contribution is 9.10. The number of benzene rings is 1. The molecule has 0 amide bonds. The SMILES string of the molecule is CCNCc1ccc(C)c(-n2nc(C)c(Br)c2C)c1. The molecule has 2 aromatic rings. The Balaban J connectivity index is 2.45.